The summed E-state index contributed by atoms with van der Waals surface area (Å²) in [5.74, 6) is -4.65. The van der Waals surface area contributed by atoms with Crippen molar-refractivity contribution in [2.24, 2.45) is 41.4 Å². The molecule has 0 radical (unpaired) electrons. The molecule has 0 unspecified atom stereocenters. The first-order chi connectivity index (χ1) is 27.4. The van der Waals surface area contributed by atoms with Crippen LogP contribution >= 0.6 is 0 Å². The van der Waals surface area contributed by atoms with Crippen molar-refractivity contribution in [3.05, 3.63) is 12.2 Å². The highest BCUT2D eigenvalue weighted by atomic mass is 28.4. The Labute approximate surface area is 356 Å². The molecule has 1 amide bonds. The van der Waals surface area contributed by atoms with E-state index in [4.69, 9.17) is 23.7 Å². The molecule has 0 bridgehead atoms. The fourth-order valence-corrected chi connectivity index (χ4v) is 12.1. The number of Topliss-reactive ketones (excluding diaryl/α,β-unsaturated/α-hetero) is 1. The summed E-state index contributed by atoms with van der Waals surface area (Å²) in [4.78, 5) is 37.8. The zero-order chi connectivity index (χ0) is 43.9. The van der Waals surface area contributed by atoms with E-state index in [1.54, 1.807) is 19.1 Å². The summed E-state index contributed by atoms with van der Waals surface area (Å²) >= 11 is 0. The van der Waals surface area contributed by atoms with Crippen LogP contribution in [0.2, 0.25) is 19.1 Å². The van der Waals surface area contributed by atoms with Crippen molar-refractivity contribution in [1.29, 1.82) is 0 Å². The third-order valence-corrected chi connectivity index (χ3v) is 17.1. The molecule has 4 saturated heterocycles. The molecule has 5 N–H and O–H groups in total. The number of aliphatic hydroxyl groups excluding tert-OH is 2. The molecule has 5 aliphatic rings. The molecule has 5 rings (SSSR count). The van der Waals surface area contributed by atoms with Crippen molar-refractivity contribution >= 4 is 20.0 Å². The largest absolute Gasteiger partial charge is 0.432 e. The minimum absolute atomic E-state index is 0.0163. The Kier molecular flexibility index (Phi) is 15.6. The van der Waals surface area contributed by atoms with E-state index in [0.717, 1.165) is 31.7 Å². The van der Waals surface area contributed by atoms with E-state index in [0.29, 0.717) is 45.1 Å². The van der Waals surface area contributed by atoms with Crippen LogP contribution in [0.3, 0.4) is 0 Å². The highest BCUT2D eigenvalue weighted by Gasteiger charge is 2.63. The highest BCUT2D eigenvalue weighted by molar-refractivity contribution is 6.69. The lowest BCUT2D eigenvalue weighted by molar-refractivity contribution is -0.409. The smallest absolute Gasteiger partial charge is 0.225 e. The number of hydrogen-bond donors (Lipinski definition) is 5. The number of carbonyl (C=O) groups is 2. The lowest BCUT2D eigenvalue weighted by atomic mass is 9.72. The van der Waals surface area contributed by atoms with Gasteiger partial charge in [0.1, 0.15) is 11.9 Å². The molecule has 59 heavy (non-hydrogen) atoms. The summed E-state index contributed by atoms with van der Waals surface area (Å²) in [7, 11) is -2.17. The molecule has 0 aromatic rings. The second-order valence-corrected chi connectivity index (χ2v) is 24.7. The van der Waals surface area contributed by atoms with Gasteiger partial charge in [-0.2, -0.15) is 0 Å². The molecule has 4 fully saturated rings. The summed E-state index contributed by atoms with van der Waals surface area (Å²) in [6.07, 6.45) is 6.15. The quantitative estimate of drug-likeness (QED) is 0.0700. The first-order valence-corrected chi connectivity index (χ1v) is 26.3. The lowest BCUT2D eigenvalue weighted by Crippen LogP contribution is -2.63. The summed E-state index contributed by atoms with van der Waals surface area (Å²) in [5, 5.41) is 37.5. The number of ether oxygens (including phenoxy) is 5. The van der Waals surface area contributed by atoms with Crippen LogP contribution in [0.15, 0.2) is 12.2 Å². The number of hydrogen-bond acceptors (Lipinski definition) is 11. The predicted octanol–water partition coefficient (Wildman–Crippen LogP) is 6.42. The zero-order valence-electron chi connectivity index (χ0n) is 38.4. The number of rotatable bonds is 15. The molecule has 0 aromatic heterocycles. The predicted molar refractivity (Wildman–Crippen MR) is 229 cm³/mol. The van der Waals surface area contributed by atoms with Gasteiger partial charge in [-0.3, -0.25) is 9.59 Å². The van der Waals surface area contributed by atoms with Crippen molar-refractivity contribution in [2.75, 3.05) is 6.54 Å². The topological polar surface area (TPSA) is 173 Å². The number of nitrogens with one attached hydrogen (secondary N) is 1. The van der Waals surface area contributed by atoms with Crippen molar-refractivity contribution in [3.63, 3.8) is 0 Å². The first-order valence-electron chi connectivity index (χ1n) is 23.2. The zero-order valence-corrected chi connectivity index (χ0v) is 39.4. The van der Waals surface area contributed by atoms with Crippen LogP contribution in [0.5, 0.6) is 0 Å². The van der Waals surface area contributed by atoms with E-state index >= 15 is 0 Å². The second kappa shape index (κ2) is 18.8. The Hall–Kier alpha value is -1.26. The molecule has 0 aliphatic carbocycles. The maximum Gasteiger partial charge on any atom is 0.225 e. The van der Waals surface area contributed by atoms with Gasteiger partial charge in [-0.05, 0) is 115 Å². The monoisotopic (exact) mass is 852 g/mol. The average Bonchev–Trinajstić information content (AvgIpc) is 3.53. The molecule has 5 aliphatic heterocycles. The van der Waals surface area contributed by atoms with Crippen LogP contribution < -0.4 is 5.32 Å². The second-order valence-electron chi connectivity index (χ2n) is 20.6. The number of carbonyl (C=O) groups excluding carboxylic acids is 2. The molecule has 0 aromatic carbocycles. The van der Waals surface area contributed by atoms with Crippen LogP contribution in [-0.4, -0.2) is 112 Å². The van der Waals surface area contributed by atoms with E-state index in [-0.39, 0.29) is 65.7 Å². The fraction of sp³-hybridized carbons (Fsp3) is 0.913. The molecule has 340 valence electrons. The van der Waals surface area contributed by atoms with Gasteiger partial charge in [0.2, 0.25) is 11.7 Å². The third kappa shape index (κ3) is 10.3. The molecule has 5 heterocycles. The normalized spacial score (nSPS) is 42.9. The molecule has 2 spiro atoms. The van der Waals surface area contributed by atoms with Crippen LogP contribution in [0.1, 0.15) is 133 Å². The van der Waals surface area contributed by atoms with Gasteiger partial charge in [-0.1, -0.05) is 55.4 Å². The summed E-state index contributed by atoms with van der Waals surface area (Å²) in [6.45, 7) is 24.1. The maximum atomic E-state index is 14.6. The van der Waals surface area contributed by atoms with Crippen LogP contribution in [0.4, 0.5) is 0 Å². The Morgan fingerprint density at radius 3 is 2.27 bits per heavy atom. The lowest BCUT2D eigenvalue weighted by Gasteiger charge is -2.54. The van der Waals surface area contributed by atoms with E-state index < -0.39 is 61.2 Å². The van der Waals surface area contributed by atoms with Gasteiger partial charge >= 0.3 is 0 Å². The average molecular weight is 852 g/mol. The minimum Gasteiger partial charge on any atom is -0.432 e. The van der Waals surface area contributed by atoms with E-state index in [1.807, 2.05) is 54.6 Å². The first kappa shape index (κ1) is 48.8. The summed E-state index contributed by atoms with van der Waals surface area (Å²) < 4.78 is 33.8. The Balaban J connectivity index is 1.25. The van der Waals surface area contributed by atoms with Crippen LogP contribution in [0, 0.1) is 41.4 Å². The van der Waals surface area contributed by atoms with Crippen LogP contribution in [-0.2, 0) is 33.3 Å². The van der Waals surface area contributed by atoms with Crippen molar-refractivity contribution < 1.29 is 53.4 Å². The number of amides is 1. The summed E-state index contributed by atoms with van der Waals surface area (Å²) in [5.41, 5.74) is -1.63. The fourth-order valence-electron chi connectivity index (χ4n) is 11.0. The molecular formula is C46H81NO11Si. The minimum atomic E-state index is -2.17. The Morgan fingerprint density at radius 2 is 1.64 bits per heavy atom. The highest BCUT2D eigenvalue weighted by Crippen LogP contribution is 2.54. The third-order valence-electron chi connectivity index (χ3n) is 15.5. The van der Waals surface area contributed by atoms with Gasteiger partial charge in [0, 0.05) is 36.6 Å². The summed E-state index contributed by atoms with van der Waals surface area (Å²) in [6, 6.07) is 0.728. The van der Waals surface area contributed by atoms with Gasteiger partial charge < -0.3 is 49.1 Å². The van der Waals surface area contributed by atoms with Gasteiger partial charge in [0.05, 0.1) is 53.7 Å². The van der Waals surface area contributed by atoms with Crippen molar-refractivity contribution in [2.45, 2.75) is 218 Å². The Morgan fingerprint density at radius 1 is 0.949 bits per heavy atom. The van der Waals surface area contributed by atoms with E-state index in [1.165, 1.54) is 0 Å². The number of ketones is 1. The van der Waals surface area contributed by atoms with Gasteiger partial charge in [0.25, 0.3) is 0 Å². The van der Waals surface area contributed by atoms with Gasteiger partial charge in [-0.15, -0.1) is 0 Å². The van der Waals surface area contributed by atoms with Crippen LogP contribution in [0.25, 0.3) is 0 Å². The molecule has 18 atom stereocenters. The molecule has 13 heteroatoms. The van der Waals surface area contributed by atoms with Gasteiger partial charge in [-0.25, -0.2) is 0 Å². The number of aliphatic hydroxyl groups is 3. The molecular weight excluding hydrogens is 771 g/mol. The van der Waals surface area contributed by atoms with E-state index in [2.05, 4.69) is 26.1 Å². The van der Waals surface area contributed by atoms with E-state index in [9.17, 15) is 29.7 Å². The maximum absolute atomic E-state index is 14.6. The standard InChI is InChI=1S/C46H81NO11Si/c1-13-34(39(50)31(7)38(49)32(8)40-27(3)16-17-35(55-40)30(6)42(51)47-24-15-25-59(11,12)53)41-28(4)26-29(5)45(56-41)21-18-36(48)46(58-45)23-22-43(10,57-46)37-19-20-44(52,14-2)33(9)54-37/h18,21,27-38,40-41,48-49,52-53H,13-17,19-20,22-26H2,1-12H3,(H,47,51)/t27-,28-,29+,30+,31-,32-,33-,34-,35+,36+,37+,38+,40+,41-,43-,44+,45-,46-/m0/s1. The van der Waals surface area contributed by atoms with Crippen molar-refractivity contribution in [3.8, 4) is 0 Å². The van der Waals surface area contributed by atoms with Crippen molar-refractivity contribution in [1.82, 2.24) is 5.32 Å². The van der Waals surface area contributed by atoms with Gasteiger partial charge in [0.15, 0.2) is 14.1 Å². The SMILES string of the molecule is CC[C@@H](C(=O)[C@@H](C)[C@@H](O)[C@H](C)[C@@H]1O[C@@H]([C@@H](C)C(=O)NCCC[Si](C)(C)O)CC[C@@H]1C)[C@H]1O[C@]2(C=C[C@@H](O)[C@]3(CC[C@@](C)([C@H]4CC[C@](O)(CC)[C@H](C)O4)O3)O2)[C@H](C)C[C@@H]1C. The molecule has 12 nitrogen and oxygen atoms in total. The Bertz CT molecular complexity index is 1480. The molecule has 0 saturated carbocycles.